The molecular weight excluding hydrogens is 465 g/mol. The number of carbonyl (C=O) groups is 2. The summed E-state index contributed by atoms with van der Waals surface area (Å²) in [5.74, 6) is -4.17. The Hall–Kier alpha value is -2.30. The van der Waals surface area contributed by atoms with E-state index in [1.54, 1.807) is 0 Å². The zero-order chi connectivity index (χ0) is 21.5. The van der Waals surface area contributed by atoms with Crippen molar-refractivity contribution in [2.45, 2.75) is 26.2 Å². The van der Waals surface area contributed by atoms with E-state index >= 15 is 0 Å². The molecule has 0 saturated heterocycles. The van der Waals surface area contributed by atoms with Gasteiger partial charge < -0.3 is 10.2 Å². The van der Waals surface area contributed by atoms with Gasteiger partial charge in [-0.25, -0.2) is 0 Å². The van der Waals surface area contributed by atoms with Gasteiger partial charge in [0.1, 0.15) is 0 Å². The van der Waals surface area contributed by atoms with Crippen LogP contribution < -0.4 is 0 Å². The number of aliphatic carboxylic acids is 2. The molecule has 2 atom stereocenters. The van der Waals surface area contributed by atoms with E-state index in [1.165, 1.54) is 5.56 Å². The van der Waals surface area contributed by atoms with Gasteiger partial charge in [-0.2, -0.15) is 0 Å². The molecule has 5 heteroatoms. The number of carboxylic acids is 2. The quantitative estimate of drug-likeness (QED) is 0.437. The summed E-state index contributed by atoms with van der Waals surface area (Å²) < 4.78 is 0. The normalized spacial score (nSPS) is 12.4. The fourth-order valence-electron chi connectivity index (χ4n) is 3.69. The second kappa shape index (κ2) is 11.9. The molecule has 0 aliphatic heterocycles. The summed E-state index contributed by atoms with van der Waals surface area (Å²) in [6.07, 6.45) is 1.35. The van der Waals surface area contributed by atoms with Gasteiger partial charge in [0.25, 0.3) is 0 Å². The third-order valence-electron chi connectivity index (χ3n) is 5.52. The van der Waals surface area contributed by atoms with Gasteiger partial charge in [0.05, 0.1) is 11.8 Å². The average molecular weight is 491 g/mol. The maximum absolute atomic E-state index is 11.9. The van der Waals surface area contributed by atoms with Gasteiger partial charge in [-0.15, -0.1) is 0 Å². The fourth-order valence-corrected chi connectivity index (χ4v) is 3.69. The molecule has 3 aromatic carbocycles. The molecule has 0 saturated carbocycles. The standard InChI is InChI=1S/C26H26O4.Y/c1-2-18-8-12-21(13-9-18)22-14-10-20(11-15-22)17-24(26(29)30)23(25(27)28)16-19-6-4-3-5-7-19;/h3-15,23-24H,2,16-17H2,1H3,(H,27,28)(H,29,30);/t23-,24-;/m0./s1. The Kier molecular flexibility index (Phi) is 9.60. The van der Waals surface area contributed by atoms with Crippen LogP contribution in [0.5, 0.6) is 0 Å². The number of carboxylic acid groups (broad SMARTS) is 2. The molecule has 3 aromatic rings. The summed E-state index contributed by atoms with van der Waals surface area (Å²) in [6.45, 7) is 2.12. The molecule has 0 unspecified atom stereocenters. The Morgan fingerprint density at radius 1 is 0.645 bits per heavy atom. The summed E-state index contributed by atoms with van der Waals surface area (Å²) in [5.41, 5.74) is 5.06. The Morgan fingerprint density at radius 2 is 1.03 bits per heavy atom. The number of aryl methyl sites for hydroxylation is 1. The topological polar surface area (TPSA) is 74.6 Å². The Bertz CT molecular complexity index is 982. The molecule has 0 bridgehead atoms. The average Bonchev–Trinajstić information content (AvgIpc) is 2.77. The van der Waals surface area contributed by atoms with Crippen LogP contribution in [0.1, 0.15) is 23.6 Å². The molecule has 0 heterocycles. The predicted octanol–water partition coefficient (Wildman–Crippen LogP) is 5.10. The minimum absolute atomic E-state index is 0. The molecule has 0 aromatic heterocycles. The molecule has 0 fully saturated rings. The first-order valence-corrected chi connectivity index (χ1v) is 10.2. The molecule has 0 aliphatic rings. The minimum Gasteiger partial charge on any atom is -0.481 e. The molecule has 3 rings (SSSR count). The van der Waals surface area contributed by atoms with Gasteiger partial charge in [0.15, 0.2) is 0 Å². The van der Waals surface area contributed by atoms with Crippen molar-refractivity contribution in [3.63, 3.8) is 0 Å². The van der Waals surface area contributed by atoms with Crippen LogP contribution in [0.25, 0.3) is 11.1 Å². The molecule has 0 spiro atoms. The molecule has 0 aliphatic carbocycles. The smallest absolute Gasteiger partial charge is 0.307 e. The van der Waals surface area contributed by atoms with Crippen molar-refractivity contribution in [2.24, 2.45) is 11.8 Å². The van der Waals surface area contributed by atoms with E-state index in [1.807, 2.05) is 54.6 Å². The maximum atomic E-state index is 11.9. The number of benzene rings is 3. The maximum Gasteiger partial charge on any atom is 0.307 e. The minimum atomic E-state index is -1.09. The second-order valence-electron chi connectivity index (χ2n) is 7.53. The Labute approximate surface area is 208 Å². The van der Waals surface area contributed by atoms with Crippen LogP contribution in [0.2, 0.25) is 0 Å². The van der Waals surface area contributed by atoms with Crippen molar-refractivity contribution < 1.29 is 52.5 Å². The van der Waals surface area contributed by atoms with E-state index in [0.717, 1.165) is 28.7 Å². The summed E-state index contributed by atoms with van der Waals surface area (Å²) in [7, 11) is 0. The van der Waals surface area contributed by atoms with Crippen LogP contribution in [0.15, 0.2) is 78.9 Å². The molecule has 4 nitrogen and oxygen atoms in total. The van der Waals surface area contributed by atoms with E-state index in [4.69, 9.17) is 0 Å². The first-order chi connectivity index (χ1) is 14.5. The molecule has 2 N–H and O–H groups in total. The summed E-state index contributed by atoms with van der Waals surface area (Å²) >= 11 is 0. The van der Waals surface area contributed by atoms with Gasteiger partial charge in [-0.05, 0) is 47.1 Å². The molecule has 157 valence electrons. The van der Waals surface area contributed by atoms with Gasteiger partial charge in [-0.1, -0.05) is 85.8 Å². The largest absolute Gasteiger partial charge is 0.481 e. The predicted molar refractivity (Wildman–Crippen MR) is 117 cm³/mol. The molecule has 0 amide bonds. The van der Waals surface area contributed by atoms with E-state index in [-0.39, 0.29) is 45.6 Å². The number of hydrogen-bond acceptors (Lipinski definition) is 2. The van der Waals surface area contributed by atoms with Crippen LogP contribution >= 0.6 is 0 Å². The number of hydrogen-bond donors (Lipinski definition) is 2. The van der Waals surface area contributed by atoms with E-state index in [9.17, 15) is 19.8 Å². The summed E-state index contributed by atoms with van der Waals surface area (Å²) in [6, 6.07) is 25.2. The van der Waals surface area contributed by atoms with E-state index < -0.39 is 23.8 Å². The molecule has 31 heavy (non-hydrogen) atoms. The van der Waals surface area contributed by atoms with Crippen LogP contribution in [-0.2, 0) is 61.6 Å². The first-order valence-electron chi connectivity index (χ1n) is 10.2. The van der Waals surface area contributed by atoms with Crippen LogP contribution in [-0.4, -0.2) is 22.2 Å². The molecular formula is C26H26O4Y. The van der Waals surface area contributed by atoms with Gasteiger partial charge in [0.2, 0.25) is 0 Å². The van der Waals surface area contributed by atoms with Crippen molar-refractivity contribution >= 4 is 11.9 Å². The van der Waals surface area contributed by atoms with Crippen molar-refractivity contribution in [3.8, 4) is 11.1 Å². The molecule has 1 radical (unpaired) electrons. The van der Waals surface area contributed by atoms with Crippen molar-refractivity contribution in [3.05, 3.63) is 95.6 Å². The van der Waals surface area contributed by atoms with Crippen LogP contribution in [0, 0.1) is 11.8 Å². The Balaban J connectivity index is 0.00000341. The zero-order valence-electron chi connectivity index (χ0n) is 17.6. The van der Waals surface area contributed by atoms with E-state index in [0.29, 0.717) is 0 Å². The SMILES string of the molecule is CCc1ccc(-c2ccc(C[C@H](C(=O)O)[C@H](Cc3ccccc3)C(=O)O)cc2)cc1.[Y]. The van der Waals surface area contributed by atoms with Gasteiger partial charge in [0, 0.05) is 32.7 Å². The summed E-state index contributed by atoms with van der Waals surface area (Å²) in [5, 5.41) is 19.5. The van der Waals surface area contributed by atoms with Gasteiger partial charge in [-0.3, -0.25) is 9.59 Å². The van der Waals surface area contributed by atoms with Crippen LogP contribution in [0.3, 0.4) is 0 Å². The second-order valence-corrected chi connectivity index (χ2v) is 7.53. The third kappa shape index (κ3) is 6.85. The number of rotatable bonds is 9. The first kappa shape index (κ1) is 25.0. The Morgan fingerprint density at radius 3 is 1.42 bits per heavy atom. The van der Waals surface area contributed by atoms with Crippen molar-refractivity contribution in [2.75, 3.05) is 0 Å². The monoisotopic (exact) mass is 491 g/mol. The third-order valence-corrected chi connectivity index (χ3v) is 5.52. The summed E-state index contributed by atoms with van der Waals surface area (Å²) in [4.78, 5) is 23.8. The zero-order valence-corrected chi connectivity index (χ0v) is 20.4. The van der Waals surface area contributed by atoms with Crippen molar-refractivity contribution in [1.82, 2.24) is 0 Å². The van der Waals surface area contributed by atoms with Gasteiger partial charge >= 0.3 is 11.9 Å². The van der Waals surface area contributed by atoms with E-state index in [2.05, 4.69) is 31.2 Å². The van der Waals surface area contributed by atoms with Crippen molar-refractivity contribution in [1.29, 1.82) is 0 Å². The fraction of sp³-hybridized carbons (Fsp3) is 0.231. The van der Waals surface area contributed by atoms with Crippen LogP contribution in [0.4, 0.5) is 0 Å².